The Morgan fingerprint density at radius 3 is 1.11 bits per heavy atom. The zero-order valence-corrected chi connectivity index (χ0v) is 16.0. The van der Waals surface area contributed by atoms with Crippen LogP contribution in [0.4, 0.5) is 0 Å². The number of hydrogen-bond acceptors (Lipinski definition) is 0. The molecule has 1 radical (unpaired) electrons. The summed E-state index contributed by atoms with van der Waals surface area (Å²) in [5.74, 6) is 0. The first kappa shape index (κ1) is 23.6. The quantitative estimate of drug-likeness (QED) is 0.548. The third-order valence-corrected chi connectivity index (χ3v) is 1.73. The van der Waals surface area contributed by atoms with Gasteiger partial charge in [-0.3, -0.25) is 0 Å². The summed E-state index contributed by atoms with van der Waals surface area (Å²) in [4.78, 5) is 0. The molecular weight excluding hydrogens is 305 g/mol. The van der Waals surface area contributed by atoms with E-state index in [2.05, 4.69) is 38.1 Å². The average Bonchev–Trinajstić information content (AvgIpc) is 2.46. The summed E-state index contributed by atoms with van der Waals surface area (Å²) in [6.07, 6.45) is 0. The molecule has 19 heavy (non-hydrogen) atoms. The second-order valence-electron chi connectivity index (χ2n) is 3.16. The maximum Gasteiger partial charge on any atom is 0 e. The Hall–Kier alpha value is -0.456. The minimum Gasteiger partial charge on any atom is -0.184 e. The van der Waals surface area contributed by atoms with Gasteiger partial charge in [-0.25, -0.2) is 0 Å². The van der Waals surface area contributed by atoms with Crippen LogP contribution in [-0.4, -0.2) is 0 Å². The maximum atomic E-state index is 2.96. The molecular formula is C18H26Y-2. The van der Waals surface area contributed by atoms with Gasteiger partial charge in [0.25, 0.3) is 0 Å². The molecule has 0 spiro atoms. The molecule has 0 amide bonds. The Morgan fingerprint density at radius 1 is 0.684 bits per heavy atom. The van der Waals surface area contributed by atoms with Gasteiger partial charge >= 0.3 is 0 Å². The summed E-state index contributed by atoms with van der Waals surface area (Å²) < 4.78 is 0. The van der Waals surface area contributed by atoms with Gasteiger partial charge in [0.05, 0.1) is 0 Å². The molecule has 0 fully saturated rings. The van der Waals surface area contributed by atoms with Crippen molar-refractivity contribution in [2.24, 2.45) is 0 Å². The van der Waals surface area contributed by atoms with E-state index in [4.69, 9.17) is 0 Å². The van der Waals surface area contributed by atoms with Crippen molar-refractivity contribution in [3.8, 4) is 0 Å². The van der Waals surface area contributed by atoms with Crippen LogP contribution in [0.15, 0.2) is 48.5 Å². The molecule has 0 unspecified atom stereocenters. The van der Waals surface area contributed by atoms with Gasteiger partial charge < -0.3 is 0 Å². The predicted octanol–water partition coefficient (Wildman–Crippen LogP) is 5.64. The van der Waals surface area contributed by atoms with E-state index >= 15 is 0 Å². The van der Waals surface area contributed by atoms with Crippen molar-refractivity contribution >= 4 is 0 Å². The summed E-state index contributed by atoms with van der Waals surface area (Å²) in [6, 6.07) is 21.7. The first-order valence-corrected chi connectivity index (χ1v) is 6.64. The molecule has 0 N–H and O–H groups in total. The molecule has 2 aromatic carbocycles. The second kappa shape index (κ2) is 19.9. The van der Waals surface area contributed by atoms with Crippen LogP contribution in [0, 0.1) is 26.0 Å². The molecule has 2 rings (SSSR count). The maximum absolute atomic E-state index is 2.96. The first-order chi connectivity index (χ1) is 8.79. The SMILES string of the molecule is CC.CC.Cc1c[c-]ccc1.Cc1c[c-]ccc1.[Y]. The van der Waals surface area contributed by atoms with Crippen molar-refractivity contribution in [3.05, 3.63) is 71.8 Å². The zero-order valence-electron chi connectivity index (χ0n) is 13.2. The van der Waals surface area contributed by atoms with Crippen LogP contribution in [0.3, 0.4) is 0 Å². The molecule has 0 atom stereocenters. The molecule has 0 bridgehead atoms. The molecule has 2 aromatic rings. The van der Waals surface area contributed by atoms with Crippen molar-refractivity contribution in [2.45, 2.75) is 41.5 Å². The van der Waals surface area contributed by atoms with Gasteiger partial charge in [-0.2, -0.15) is 71.8 Å². The number of hydrogen-bond donors (Lipinski definition) is 0. The minimum atomic E-state index is 0. The fraction of sp³-hybridized carbons (Fsp3) is 0.333. The van der Waals surface area contributed by atoms with E-state index in [1.165, 1.54) is 11.1 Å². The monoisotopic (exact) mass is 331 g/mol. The molecule has 0 heterocycles. The van der Waals surface area contributed by atoms with Crippen LogP contribution in [0.5, 0.6) is 0 Å². The summed E-state index contributed by atoms with van der Waals surface area (Å²) in [5.41, 5.74) is 2.53. The van der Waals surface area contributed by atoms with Crippen LogP contribution >= 0.6 is 0 Å². The van der Waals surface area contributed by atoms with Gasteiger partial charge in [-0.15, -0.1) is 0 Å². The third-order valence-electron chi connectivity index (χ3n) is 1.73. The molecule has 0 aliphatic rings. The Kier molecular flexibility index (Phi) is 24.7. The normalized spacial score (nSPS) is 7.05. The third kappa shape index (κ3) is 17.5. The second-order valence-corrected chi connectivity index (χ2v) is 3.16. The average molecular weight is 331 g/mol. The molecule has 1 heteroatoms. The van der Waals surface area contributed by atoms with Crippen molar-refractivity contribution in [3.63, 3.8) is 0 Å². The summed E-state index contributed by atoms with van der Waals surface area (Å²) in [7, 11) is 0. The molecule has 0 aliphatic carbocycles. The van der Waals surface area contributed by atoms with E-state index < -0.39 is 0 Å². The summed E-state index contributed by atoms with van der Waals surface area (Å²) in [5, 5.41) is 0. The van der Waals surface area contributed by atoms with Crippen molar-refractivity contribution in [1.29, 1.82) is 0 Å². The van der Waals surface area contributed by atoms with Crippen LogP contribution in [0.1, 0.15) is 38.8 Å². The van der Waals surface area contributed by atoms with Crippen molar-refractivity contribution in [1.82, 2.24) is 0 Å². The van der Waals surface area contributed by atoms with Gasteiger partial charge in [0.15, 0.2) is 0 Å². The van der Waals surface area contributed by atoms with E-state index in [0.717, 1.165) is 0 Å². The fourth-order valence-corrected chi connectivity index (χ4v) is 0.966. The van der Waals surface area contributed by atoms with E-state index in [1.807, 2.05) is 64.1 Å². The van der Waals surface area contributed by atoms with Gasteiger partial charge in [0.1, 0.15) is 0 Å². The molecule has 0 nitrogen and oxygen atoms in total. The number of aryl methyl sites for hydroxylation is 2. The van der Waals surface area contributed by atoms with E-state index in [0.29, 0.717) is 0 Å². The number of rotatable bonds is 0. The molecule has 103 valence electrons. The topological polar surface area (TPSA) is 0 Å². The van der Waals surface area contributed by atoms with Crippen molar-refractivity contribution < 1.29 is 32.7 Å². The molecule has 0 saturated carbocycles. The Bertz CT molecular complexity index is 303. The number of benzene rings is 2. The molecule has 0 aliphatic heterocycles. The van der Waals surface area contributed by atoms with Gasteiger partial charge in [-0.05, 0) is 0 Å². The van der Waals surface area contributed by atoms with Gasteiger partial charge in [0, 0.05) is 32.7 Å². The zero-order chi connectivity index (χ0) is 14.2. The van der Waals surface area contributed by atoms with Crippen LogP contribution in [0.2, 0.25) is 0 Å². The molecule has 0 saturated heterocycles. The van der Waals surface area contributed by atoms with Crippen LogP contribution in [-0.2, 0) is 32.7 Å². The van der Waals surface area contributed by atoms with E-state index in [1.54, 1.807) is 0 Å². The Labute approximate surface area is 145 Å². The first-order valence-electron chi connectivity index (χ1n) is 6.64. The summed E-state index contributed by atoms with van der Waals surface area (Å²) >= 11 is 0. The fourth-order valence-electron chi connectivity index (χ4n) is 0.966. The van der Waals surface area contributed by atoms with Crippen LogP contribution < -0.4 is 0 Å². The Morgan fingerprint density at radius 2 is 1.00 bits per heavy atom. The summed E-state index contributed by atoms with van der Waals surface area (Å²) in [6.45, 7) is 12.1. The minimum absolute atomic E-state index is 0. The molecule has 0 aromatic heterocycles. The van der Waals surface area contributed by atoms with Gasteiger partial charge in [0.2, 0.25) is 0 Å². The standard InChI is InChI=1S/2C7H7.2C2H6.Y/c2*1-7-5-3-2-4-6-7;2*1-2;/h2*2-3,5-6H,1H3;2*1-2H3;/q2*-1;;;. The van der Waals surface area contributed by atoms with E-state index in [9.17, 15) is 0 Å². The largest absolute Gasteiger partial charge is 0.184 e. The van der Waals surface area contributed by atoms with Crippen LogP contribution in [0.25, 0.3) is 0 Å². The predicted molar refractivity (Wildman–Crippen MR) is 82.7 cm³/mol. The smallest absolute Gasteiger partial charge is 0 e. The Balaban J connectivity index is -0.000000205. The van der Waals surface area contributed by atoms with Gasteiger partial charge in [-0.1, -0.05) is 41.5 Å². The van der Waals surface area contributed by atoms with Crippen molar-refractivity contribution in [2.75, 3.05) is 0 Å². The van der Waals surface area contributed by atoms with E-state index in [-0.39, 0.29) is 32.7 Å².